The number of benzene rings is 2. The number of aryl methyl sites for hydroxylation is 1. The van der Waals surface area contributed by atoms with Crippen molar-refractivity contribution in [2.24, 2.45) is 0 Å². The fourth-order valence-corrected chi connectivity index (χ4v) is 3.96. The van der Waals surface area contributed by atoms with Gasteiger partial charge in [0, 0.05) is 31.6 Å². The zero-order valence-corrected chi connectivity index (χ0v) is 18.7. The summed E-state index contributed by atoms with van der Waals surface area (Å²) in [5, 5.41) is 2.96. The van der Waals surface area contributed by atoms with Crippen molar-refractivity contribution < 1.29 is 23.7 Å². The summed E-state index contributed by atoms with van der Waals surface area (Å²) in [5.74, 6) is -3.63. The highest BCUT2D eigenvalue weighted by Crippen LogP contribution is 2.38. The van der Waals surface area contributed by atoms with E-state index in [2.05, 4.69) is 20.3 Å². The highest BCUT2D eigenvalue weighted by Gasteiger charge is 2.29. The van der Waals surface area contributed by atoms with Crippen molar-refractivity contribution in [2.75, 3.05) is 23.9 Å². The molecule has 1 N–H and O–H groups in total. The Hall–Kier alpha value is -4.21. The molecule has 10 heteroatoms. The Labute approximate surface area is 199 Å². The smallest absolute Gasteiger partial charge is 0.229 e. The van der Waals surface area contributed by atoms with Gasteiger partial charge in [0.05, 0.1) is 12.2 Å². The summed E-state index contributed by atoms with van der Waals surface area (Å²) in [5.41, 5.74) is 2.55. The molecule has 0 spiro atoms. The van der Waals surface area contributed by atoms with Gasteiger partial charge in [-0.3, -0.25) is 4.98 Å². The van der Waals surface area contributed by atoms with Gasteiger partial charge in [0.1, 0.15) is 12.4 Å². The summed E-state index contributed by atoms with van der Waals surface area (Å²) < 4.78 is 61.4. The minimum absolute atomic E-state index is 0. The normalized spacial score (nSPS) is 14.9. The highest BCUT2D eigenvalue weighted by atomic mass is 19.2. The first-order valence-electron chi connectivity index (χ1n) is 10.7. The molecule has 1 atom stereocenters. The molecule has 2 aromatic carbocycles. The summed E-state index contributed by atoms with van der Waals surface area (Å²) in [6.07, 6.45) is 3.07. The summed E-state index contributed by atoms with van der Waals surface area (Å²) >= 11 is 0. The second kappa shape index (κ2) is 8.86. The summed E-state index contributed by atoms with van der Waals surface area (Å²) in [6, 6.07) is 9.46. The van der Waals surface area contributed by atoms with Crippen LogP contribution >= 0.6 is 0 Å². The SMILES string of the molecule is Cc1cc(-c2ccc(Nc3ncc4c(n3)N(C)C(c3cc(F)c(F)c(F)c3)CO4)cc2F)ccn1.[HH]. The van der Waals surface area contributed by atoms with E-state index in [1.165, 1.54) is 12.3 Å². The Morgan fingerprint density at radius 1 is 1.00 bits per heavy atom. The van der Waals surface area contributed by atoms with E-state index in [0.717, 1.165) is 17.8 Å². The van der Waals surface area contributed by atoms with Gasteiger partial charge >= 0.3 is 0 Å². The maximum atomic E-state index is 14.8. The van der Waals surface area contributed by atoms with Crippen LogP contribution in [0.15, 0.2) is 54.9 Å². The summed E-state index contributed by atoms with van der Waals surface area (Å²) in [4.78, 5) is 14.4. The van der Waals surface area contributed by atoms with Crippen LogP contribution in [0, 0.1) is 30.2 Å². The molecule has 1 aliphatic rings. The van der Waals surface area contributed by atoms with Crippen molar-refractivity contribution in [3.63, 3.8) is 0 Å². The molecule has 0 bridgehead atoms. The molecule has 35 heavy (non-hydrogen) atoms. The van der Waals surface area contributed by atoms with Gasteiger partial charge in [-0.05, 0) is 60.5 Å². The van der Waals surface area contributed by atoms with Crippen LogP contribution in [0.4, 0.5) is 35.0 Å². The van der Waals surface area contributed by atoms with E-state index >= 15 is 0 Å². The number of fused-ring (bicyclic) bond motifs is 1. The quantitative estimate of drug-likeness (QED) is 0.285. The molecule has 180 valence electrons. The van der Waals surface area contributed by atoms with Gasteiger partial charge in [-0.1, -0.05) is 0 Å². The number of nitrogens with zero attached hydrogens (tertiary/aromatic N) is 4. The lowest BCUT2D eigenvalue weighted by Gasteiger charge is -2.35. The first-order valence-corrected chi connectivity index (χ1v) is 10.7. The van der Waals surface area contributed by atoms with E-state index in [4.69, 9.17) is 4.74 Å². The summed E-state index contributed by atoms with van der Waals surface area (Å²) in [7, 11) is 1.67. The maximum absolute atomic E-state index is 14.8. The molecule has 0 saturated heterocycles. The van der Waals surface area contributed by atoms with Crippen LogP contribution in [0.2, 0.25) is 0 Å². The number of hydrogen-bond acceptors (Lipinski definition) is 6. The number of likely N-dealkylation sites (N-methyl/N-ethyl adjacent to an activating group) is 1. The average molecular weight is 483 g/mol. The Morgan fingerprint density at radius 3 is 2.49 bits per heavy atom. The number of rotatable bonds is 4. The van der Waals surface area contributed by atoms with Crippen molar-refractivity contribution in [3.8, 4) is 16.9 Å². The monoisotopic (exact) mass is 483 g/mol. The lowest BCUT2D eigenvalue weighted by molar-refractivity contribution is 0.264. The number of hydrogen-bond donors (Lipinski definition) is 1. The van der Waals surface area contributed by atoms with Crippen LogP contribution < -0.4 is 15.0 Å². The molecule has 5 rings (SSSR count). The Kier molecular flexibility index (Phi) is 5.72. The molecule has 1 unspecified atom stereocenters. The van der Waals surface area contributed by atoms with Gasteiger partial charge in [0.25, 0.3) is 0 Å². The lowest BCUT2D eigenvalue weighted by Crippen LogP contribution is -2.34. The number of anilines is 3. The van der Waals surface area contributed by atoms with Gasteiger partial charge < -0.3 is 15.0 Å². The van der Waals surface area contributed by atoms with Crippen molar-refractivity contribution in [3.05, 3.63) is 89.4 Å². The molecule has 4 aromatic rings. The third-order valence-electron chi connectivity index (χ3n) is 5.76. The van der Waals surface area contributed by atoms with E-state index in [1.54, 1.807) is 42.4 Å². The minimum Gasteiger partial charge on any atom is -0.486 e. The van der Waals surface area contributed by atoms with Gasteiger partial charge in [-0.25, -0.2) is 22.5 Å². The van der Waals surface area contributed by atoms with Crippen LogP contribution in [-0.4, -0.2) is 28.6 Å². The number of ether oxygens (including phenoxy) is 1. The van der Waals surface area contributed by atoms with E-state index in [9.17, 15) is 17.6 Å². The average Bonchev–Trinajstić information content (AvgIpc) is 2.83. The number of halogens is 4. The van der Waals surface area contributed by atoms with E-state index < -0.39 is 29.3 Å². The third kappa shape index (κ3) is 4.34. The van der Waals surface area contributed by atoms with Crippen molar-refractivity contribution >= 4 is 17.5 Å². The maximum Gasteiger partial charge on any atom is 0.229 e. The minimum atomic E-state index is -1.53. The topological polar surface area (TPSA) is 63.2 Å². The molecule has 2 aromatic heterocycles. The fourth-order valence-electron chi connectivity index (χ4n) is 3.96. The predicted molar refractivity (Wildman–Crippen MR) is 125 cm³/mol. The number of aromatic nitrogens is 3. The van der Waals surface area contributed by atoms with Crippen molar-refractivity contribution in [1.29, 1.82) is 0 Å². The Bertz CT molecular complexity index is 1410. The van der Waals surface area contributed by atoms with E-state index in [-0.39, 0.29) is 19.5 Å². The molecule has 0 aliphatic carbocycles. The molecule has 0 radical (unpaired) electrons. The molecule has 0 fully saturated rings. The highest BCUT2D eigenvalue weighted by molar-refractivity contribution is 5.68. The van der Waals surface area contributed by atoms with Crippen LogP contribution in [0.1, 0.15) is 18.7 Å². The van der Waals surface area contributed by atoms with Crippen LogP contribution in [-0.2, 0) is 0 Å². The Morgan fingerprint density at radius 2 is 1.77 bits per heavy atom. The number of pyridine rings is 1. The largest absolute Gasteiger partial charge is 0.486 e. The standard InChI is InChI=1S/C25H19F4N5O.H2/c1-13-7-14(5-6-30-13)17-4-3-16(10-18(17)26)32-25-31-11-22-24(33-25)34(2)21(12-35-22)15-8-19(27)23(29)20(28)9-15;/h3-11,21H,12H2,1-2H3,(H,31,32,33);1H. The van der Waals surface area contributed by atoms with Gasteiger partial charge in [-0.15, -0.1) is 0 Å². The molecule has 3 heterocycles. The molecular formula is C25H21F4N5O. The van der Waals surface area contributed by atoms with Crippen LogP contribution in [0.3, 0.4) is 0 Å². The molecule has 0 amide bonds. The zero-order chi connectivity index (χ0) is 24.7. The second-order valence-electron chi connectivity index (χ2n) is 8.12. The van der Waals surface area contributed by atoms with Gasteiger partial charge in [0.2, 0.25) is 5.95 Å². The molecule has 0 saturated carbocycles. The van der Waals surface area contributed by atoms with E-state index in [1.807, 2.05) is 6.92 Å². The van der Waals surface area contributed by atoms with Gasteiger partial charge in [0.15, 0.2) is 29.0 Å². The van der Waals surface area contributed by atoms with E-state index in [0.29, 0.717) is 28.4 Å². The van der Waals surface area contributed by atoms with Crippen LogP contribution in [0.5, 0.6) is 5.75 Å². The first-order chi connectivity index (χ1) is 16.8. The Balaban J connectivity index is 0.00000304. The zero-order valence-electron chi connectivity index (χ0n) is 18.7. The van der Waals surface area contributed by atoms with Crippen molar-refractivity contribution in [1.82, 2.24) is 15.0 Å². The first kappa shape index (κ1) is 22.6. The summed E-state index contributed by atoms with van der Waals surface area (Å²) in [6.45, 7) is 1.89. The van der Waals surface area contributed by atoms with Crippen molar-refractivity contribution in [2.45, 2.75) is 13.0 Å². The fraction of sp³-hybridized carbons (Fsp3) is 0.160. The second-order valence-corrected chi connectivity index (χ2v) is 8.12. The molecule has 1 aliphatic heterocycles. The van der Waals surface area contributed by atoms with Crippen LogP contribution in [0.25, 0.3) is 11.1 Å². The predicted octanol–water partition coefficient (Wildman–Crippen LogP) is 5.96. The molecule has 6 nitrogen and oxygen atoms in total. The lowest BCUT2D eigenvalue weighted by atomic mass is 10.0. The van der Waals surface area contributed by atoms with Gasteiger partial charge in [-0.2, -0.15) is 4.98 Å². The molecular weight excluding hydrogens is 462 g/mol. The number of nitrogens with one attached hydrogen (secondary N) is 1. The third-order valence-corrected chi connectivity index (χ3v) is 5.76.